The summed E-state index contributed by atoms with van der Waals surface area (Å²) in [6.07, 6.45) is -0.683. The molecular formula is C34H30N2O6S. The number of rotatable bonds is 11. The number of hydrogen-bond donors (Lipinski definition) is 3. The zero-order valence-electron chi connectivity index (χ0n) is 23.1. The van der Waals surface area contributed by atoms with Crippen molar-refractivity contribution in [3.8, 4) is 11.1 Å². The molecule has 0 aliphatic heterocycles. The summed E-state index contributed by atoms with van der Waals surface area (Å²) < 4.78 is 5.64. The molecule has 8 nitrogen and oxygen atoms in total. The van der Waals surface area contributed by atoms with Gasteiger partial charge in [0, 0.05) is 23.7 Å². The van der Waals surface area contributed by atoms with Gasteiger partial charge in [-0.2, -0.15) is 0 Å². The summed E-state index contributed by atoms with van der Waals surface area (Å²) >= 11 is 0.802. The third kappa shape index (κ3) is 7.31. The lowest BCUT2D eigenvalue weighted by molar-refractivity contribution is -0.141. The van der Waals surface area contributed by atoms with E-state index in [1.807, 2.05) is 78.9 Å². The minimum atomic E-state index is -1.35. The van der Waals surface area contributed by atoms with Crippen LogP contribution in [0.25, 0.3) is 11.1 Å². The van der Waals surface area contributed by atoms with E-state index in [9.17, 15) is 24.3 Å². The number of thioether (sulfide) groups is 1. The predicted molar refractivity (Wildman–Crippen MR) is 165 cm³/mol. The van der Waals surface area contributed by atoms with E-state index in [1.165, 1.54) is 0 Å². The van der Waals surface area contributed by atoms with Crippen LogP contribution in [0.1, 0.15) is 33.0 Å². The number of carbonyl (C=O) groups excluding carboxylic acids is 3. The van der Waals surface area contributed by atoms with Crippen molar-refractivity contribution in [2.75, 3.05) is 12.4 Å². The number of hydrogen-bond acceptors (Lipinski definition) is 6. The molecule has 5 rings (SSSR count). The molecule has 4 aromatic carbocycles. The molecule has 2 unspecified atom stereocenters. The third-order valence-electron chi connectivity index (χ3n) is 7.24. The Balaban J connectivity index is 1.25. The van der Waals surface area contributed by atoms with Crippen LogP contribution in [0.5, 0.6) is 0 Å². The lowest BCUT2D eigenvalue weighted by atomic mass is 9.98. The average Bonchev–Trinajstić information content (AvgIpc) is 3.35. The molecule has 218 valence electrons. The number of nitrogens with one attached hydrogen (secondary N) is 2. The van der Waals surface area contributed by atoms with Crippen molar-refractivity contribution < 1.29 is 29.0 Å². The molecule has 43 heavy (non-hydrogen) atoms. The molecule has 3 N–H and O–H groups in total. The summed E-state index contributed by atoms with van der Waals surface area (Å²) in [5.41, 5.74) is 5.50. The summed E-state index contributed by atoms with van der Waals surface area (Å²) in [5.74, 6) is -2.33. The van der Waals surface area contributed by atoms with Gasteiger partial charge in [0.1, 0.15) is 18.7 Å². The highest BCUT2D eigenvalue weighted by Gasteiger charge is 2.31. The summed E-state index contributed by atoms with van der Waals surface area (Å²) in [5, 5.41) is 14.6. The SMILES string of the molecule is O=C(NC(Cc1ccccc1)C(=O)NC(CSC(=O)c1ccccc1)C(=O)O)OCC1c2ccccc2-c2ccccc21. The molecule has 2 amide bonds. The van der Waals surface area contributed by atoms with Gasteiger partial charge in [-0.15, -0.1) is 0 Å². The van der Waals surface area contributed by atoms with Crippen LogP contribution in [0.4, 0.5) is 4.79 Å². The number of aliphatic carboxylic acids is 1. The van der Waals surface area contributed by atoms with Gasteiger partial charge in [-0.3, -0.25) is 9.59 Å². The maximum absolute atomic E-state index is 13.4. The number of benzene rings is 4. The summed E-state index contributed by atoms with van der Waals surface area (Å²) in [7, 11) is 0. The Morgan fingerprint density at radius 1 is 0.721 bits per heavy atom. The number of alkyl carbamates (subject to hydrolysis) is 1. The monoisotopic (exact) mass is 594 g/mol. The normalized spacial score (nSPS) is 13.2. The summed E-state index contributed by atoms with van der Waals surface area (Å²) in [4.78, 5) is 50.9. The highest BCUT2D eigenvalue weighted by molar-refractivity contribution is 8.14. The average molecular weight is 595 g/mol. The van der Waals surface area contributed by atoms with Gasteiger partial charge in [0.05, 0.1) is 0 Å². The Kier molecular flexibility index (Phi) is 9.53. The van der Waals surface area contributed by atoms with Gasteiger partial charge in [-0.25, -0.2) is 9.59 Å². The van der Waals surface area contributed by atoms with Crippen LogP contribution in [0, 0.1) is 0 Å². The van der Waals surface area contributed by atoms with E-state index in [1.54, 1.807) is 30.3 Å². The van der Waals surface area contributed by atoms with E-state index >= 15 is 0 Å². The molecule has 0 aromatic heterocycles. The third-order valence-corrected chi connectivity index (χ3v) is 8.24. The molecule has 0 heterocycles. The van der Waals surface area contributed by atoms with Crippen LogP contribution in [0.2, 0.25) is 0 Å². The van der Waals surface area contributed by atoms with Crippen molar-refractivity contribution in [3.63, 3.8) is 0 Å². The van der Waals surface area contributed by atoms with Gasteiger partial charge in [-0.1, -0.05) is 121 Å². The number of carbonyl (C=O) groups is 4. The summed E-state index contributed by atoms with van der Waals surface area (Å²) in [6, 6.07) is 31.0. The van der Waals surface area contributed by atoms with E-state index in [2.05, 4.69) is 10.6 Å². The van der Waals surface area contributed by atoms with Crippen molar-refractivity contribution in [2.24, 2.45) is 0 Å². The summed E-state index contributed by atoms with van der Waals surface area (Å²) in [6.45, 7) is 0.0650. The second kappa shape index (κ2) is 13.8. The zero-order valence-corrected chi connectivity index (χ0v) is 24.0. The lowest BCUT2D eigenvalue weighted by Crippen LogP contribution is -2.53. The topological polar surface area (TPSA) is 122 Å². The quantitative estimate of drug-likeness (QED) is 0.216. The van der Waals surface area contributed by atoms with E-state index in [0.717, 1.165) is 39.6 Å². The Bertz CT molecular complexity index is 1570. The largest absolute Gasteiger partial charge is 0.480 e. The Labute approximate surface area is 253 Å². The Morgan fingerprint density at radius 3 is 1.88 bits per heavy atom. The molecule has 0 saturated heterocycles. The van der Waals surface area contributed by atoms with Crippen molar-refractivity contribution >= 4 is 34.8 Å². The van der Waals surface area contributed by atoms with E-state index in [0.29, 0.717) is 5.56 Å². The van der Waals surface area contributed by atoms with Crippen LogP contribution < -0.4 is 10.6 Å². The number of carboxylic acids is 1. The second-order valence-corrected chi connectivity index (χ2v) is 11.1. The fraction of sp³-hybridized carbons (Fsp3) is 0.176. The molecule has 0 fully saturated rings. The van der Waals surface area contributed by atoms with E-state index in [-0.39, 0.29) is 29.8 Å². The van der Waals surface area contributed by atoms with E-state index < -0.39 is 30.1 Å². The van der Waals surface area contributed by atoms with Gasteiger partial charge >= 0.3 is 12.1 Å². The highest BCUT2D eigenvalue weighted by atomic mass is 32.2. The molecule has 2 atom stereocenters. The zero-order chi connectivity index (χ0) is 30.2. The fourth-order valence-electron chi connectivity index (χ4n) is 5.11. The predicted octanol–water partition coefficient (Wildman–Crippen LogP) is 5.28. The number of carboxylic acid groups (broad SMARTS) is 1. The minimum absolute atomic E-state index is 0.0650. The maximum atomic E-state index is 13.4. The first-order chi connectivity index (χ1) is 20.9. The van der Waals surface area contributed by atoms with Crippen molar-refractivity contribution in [2.45, 2.75) is 24.4 Å². The molecule has 0 spiro atoms. The van der Waals surface area contributed by atoms with Crippen molar-refractivity contribution in [3.05, 3.63) is 131 Å². The van der Waals surface area contributed by atoms with Crippen LogP contribution >= 0.6 is 11.8 Å². The fourth-order valence-corrected chi connectivity index (χ4v) is 5.95. The van der Waals surface area contributed by atoms with Crippen molar-refractivity contribution in [1.82, 2.24) is 10.6 Å². The molecule has 9 heteroatoms. The number of amides is 2. The molecular weight excluding hydrogens is 564 g/mol. The Morgan fingerprint density at radius 2 is 1.28 bits per heavy atom. The van der Waals surface area contributed by atoms with Gasteiger partial charge in [0.2, 0.25) is 11.0 Å². The first kappa shape index (κ1) is 29.6. The number of fused-ring (bicyclic) bond motifs is 3. The molecule has 0 radical (unpaired) electrons. The van der Waals surface area contributed by atoms with Gasteiger partial charge in [0.15, 0.2) is 0 Å². The maximum Gasteiger partial charge on any atom is 0.407 e. The Hall–Kier alpha value is -4.89. The molecule has 0 bridgehead atoms. The minimum Gasteiger partial charge on any atom is -0.480 e. The van der Waals surface area contributed by atoms with Crippen LogP contribution in [0.3, 0.4) is 0 Å². The smallest absolute Gasteiger partial charge is 0.407 e. The molecule has 1 aliphatic carbocycles. The van der Waals surface area contributed by atoms with Gasteiger partial charge in [0.25, 0.3) is 0 Å². The van der Waals surface area contributed by atoms with Crippen LogP contribution in [-0.4, -0.2) is 52.6 Å². The number of ether oxygens (including phenoxy) is 1. The first-order valence-electron chi connectivity index (χ1n) is 13.8. The first-order valence-corrected chi connectivity index (χ1v) is 14.8. The van der Waals surface area contributed by atoms with Crippen LogP contribution in [0.15, 0.2) is 109 Å². The standard InChI is InChI=1S/C34H30N2O6S/c37-31(35-30(32(38)39)21-43-33(40)23-13-5-2-6-14-23)29(19-22-11-3-1-4-12-22)36-34(41)42-20-28-26-17-9-7-15-24(26)25-16-8-10-18-27(25)28/h1-18,28-30H,19-21H2,(H,35,37)(H,36,41)(H,38,39). The lowest BCUT2D eigenvalue weighted by Gasteiger charge is -2.22. The molecule has 1 aliphatic rings. The van der Waals surface area contributed by atoms with Gasteiger partial charge in [-0.05, 0) is 27.8 Å². The molecule has 4 aromatic rings. The van der Waals surface area contributed by atoms with E-state index in [4.69, 9.17) is 4.74 Å². The van der Waals surface area contributed by atoms with Gasteiger partial charge < -0.3 is 20.5 Å². The molecule has 0 saturated carbocycles. The second-order valence-electron chi connectivity index (χ2n) is 10.1. The van der Waals surface area contributed by atoms with Crippen molar-refractivity contribution in [1.29, 1.82) is 0 Å². The van der Waals surface area contributed by atoms with Crippen LogP contribution in [-0.2, 0) is 20.7 Å². The highest BCUT2D eigenvalue weighted by Crippen LogP contribution is 2.44.